The Kier molecular flexibility index (Phi) is 4.50. The molecule has 0 radical (unpaired) electrons. The molecule has 0 aliphatic carbocycles. The van der Waals surface area contributed by atoms with Crippen molar-refractivity contribution in [1.82, 2.24) is 5.32 Å². The molecule has 0 bridgehead atoms. The first kappa shape index (κ1) is 14.0. The van der Waals surface area contributed by atoms with Crippen molar-refractivity contribution in [2.24, 2.45) is 0 Å². The number of nitrogens with one attached hydrogen (secondary N) is 1. The molecule has 0 saturated carbocycles. The van der Waals surface area contributed by atoms with Crippen LogP contribution < -0.4 is 14.8 Å². The number of methoxy groups -OCH3 is 1. The van der Waals surface area contributed by atoms with E-state index in [4.69, 9.17) is 25.8 Å². The van der Waals surface area contributed by atoms with Gasteiger partial charge in [0.2, 0.25) is 6.79 Å². The fourth-order valence-corrected chi connectivity index (χ4v) is 2.04. The molecule has 0 saturated heterocycles. The zero-order valence-corrected chi connectivity index (χ0v) is 11.6. The van der Waals surface area contributed by atoms with Crippen LogP contribution in [0.2, 0.25) is 5.02 Å². The van der Waals surface area contributed by atoms with Gasteiger partial charge in [-0.1, -0.05) is 11.6 Å². The van der Waals surface area contributed by atoms with Crippen LogP contribution >= 0.6 is 11.6 Å². The number of fused-ring (bicyclic) bond motifs is 1. The van der Waals surface area contributed by atoms with Gasteiger partial charge >= 0.3 is 0 Å². The molecule has 0 fully saturated rings. The van der Waals surface area contributed by atoms with Crippen LogP contribution in [-0.2, 0) is 4.74 Å². The third kappa shape index (κ3) is 3.30. The maximum absolute atomic E-state index is 12.1. The number of benzene rings is 1. The van der Waals surface area contributed by atoms with E-state index in [1.54, 1.807) is 19.2 Å². The summed E-state index contributed by atoms with van der Waals surface area (Å²) in [6.45, 7) is 2.65. The molecule has 6 heteroatoms. The van der Waals surface area contributed by atoms with Gasteiger partial charge < -0.3 is 19.5 Å². The van der Waals surface area contributed by atoms with E-state index in [1.165, 1.54) is 0 Å². The molecule has 5 nitrogen and oxygen atoms in total. The van der Waals surface area contributed by atoms with E-state index in [2.05, 4.69) is 5.32 Å². The summed E-state index contributed by atoms with van der Waals surface area (Å²) in [5.41, 5.74) is 0.457. The van der Waals surface area contributed by atoms with Crippen LogP contribution in [0.5, 0.6) is 11.5 Å². The number of halogens is 1. The zero-order chi connectivity index (χ0) is 13.8. The maximum Gasteiger partial charge on any atom is 0.251 e. The molecule has 1 heterocycles. The predicted molar refractivity (Wildman–Crippen MR) is 71.0 cm³/mol. The standard InChI is InChI=1S/C13H16ClNO4/c1-8(3-4-17-2)15-13(16)9-5-10(14)12-11(6-9)18-7-19-12/h5-6,8H,3-4,7H2,1-2H3,(H,15,16)/t8-/m0/s1. The average molecular weight is 286 g/mol. The van der Waals surface area contributed by atoms with E-state index < -0.39 is 0 Å². The first-order valence-corrected chi connectivity index (χ1v) is 6.38. The van der Waals surface area contributed by atoms with Crippen molar-refractivity contribution < 1.29 is 19.0 Å². The van der Waals surface area contributed by atoms with Gasteiger partial charge in [-0.05, 0) is 25.5 Å². The highest BCUT2D eigenvalue weighted by atomic mass is 35.5. The van der Waals surface area contributed by atoms with Gasteiger partial charge in [-0.25, -0.2) is 0 Å². The topological polar surface area (TPSA) is 56.8 Å². The van der Waals surface area contributed by atoms with Crippen molar-refractivity contribution in [3.63, 3.8) is 0 Å². The minimum Gasteiger partial charge on any atom is -0.454 e. The van der Waals surface area contributed by atoms with Crippen molar-refractivity contribution in [1.29, 1.82) is 0 Å². The van der Waals surface area contributed by atoms with Crippen molar-refractivity contribution in [2.45, 2.75) is 19.4 Å². The number of amides is 1. The molecule has 2 rings (SSSR count). The summed E-state index contributed by atoms with van der Waals surface area (Å²) in [5.74, 6) is 0.802. The summed E-state index contributed by atoms with van der Waals surface area (Å²) >= 11 is 6.03. The van der Waals surface area contributed by atoms with Crippen molar-refractivity contribution in [2.75, 3.05) is 20.5 Å². The van der Waals surface area contributed by atoms with Crippen LogP contribution in [0.3, 0.4) is 0 Å². The Morgan fingerprint density at radius 3 is 3.05 bits per heavy atom. The Labute approximate surface area is 116 Å². The van der Waals surface area contributed by atoms with Crippen LogP contribution in [-0.4, -0.2) is 32.5 Å². The smallest absolute Gasteiger partial charge is 0.251 e. The molecule has 1 aliphatic rings. The molecular formula is C13H16ClNO4. The Morgan fingerprint density at radius 1 is 1.53 bits per heavy atom. The molecule has 0 spiro atoms. The highest BCUT2D eigenvalue weighted by Crippen LogP contribution is 2.39. The van der Waals surface area contributed by atoms with Crippen LogP contribution in [0.4, 0.5) is 0 Å². The second-order valence-electron chi connectivity index (χ2n) is 4.35. The third-order valence-corrected chi connectivity index (χ3v) is 3.10. The quantitative estimate of drug-likeness (QED) is 0.901. The number of rotatable bonds is 5. The van der Waals surface area contributed by atoms with Gasteiger partial charge in [-0.2, -0.15) is 0 Å². The highest BCUT2D eigenvalue weighted by Gasteiger charge is 2.21. The molecule has 1 amide bonds. The van der Waals surface area contributed by atoms with E-state index in [1.807, 2.05) is 6.92 Å². The largest absolute Gasteiger partial charge is 0.454 e. The van der Waals surface area contributed by atoms with Crippen molar-refractivity contribution in [3.8, 4) is 11.5 Å². The first-order chi connectivity index (χ1) is 9.11. The molecule has 1 atom stereocenters. The SMILES string of the molecule is COCC[C@H](C)NC(=O)c1cc(Cl)c2c(c1)OCO2. The van der Waals surface area contributed by atoms with Gasteiger partial charge in [0.1, 0.15) is 0 Å². The molecule has 1 aromatic carbocycles. The van der Waals surface area contributed by atoms with E-state index in [0.29, 0.717) is 28.7 Å². The predicted octanol–water partition coefficient (Wildman–Crippen LogP) is 2.22. The van der Waals surface area contributed by atoms with E-state index in [-0.39, 0.29) is 18.7 Å². The lowest BCUT2D eigenvalue weighted by molar-refractivity contribution is 0.0929. The van der Waals surface area contributed by atoms with Gasteiger partial charge in [0.15, 0.2) is 11.5 Å². The monoisotopic (exact) mass is 285 g/mol. The summed E-state index contributed by atoms with van der Waals surface area (Å²) in [6, 6.07) is 3.23. The second-order valence-corrected chi connectivity index (χ2v) is 4.76. The summed E-state index contributed by atoms with van der Waals surface area (Å²) in [5, 5.41) is 3.25. The van der Waals surface area contributed by atoms with E-state index in [0.717, 1.165) is 6.42 Å². The van der Waals surface area contributed by atoms with Gasteiger partial charge in [-0.3, -0.25) is 4.79 Å². The van der Waals surface area contributed by atoms with Crippen LogP contribution in [0.1, 0.15) is 23.7 Å². The summed E-state index contributed by atoms with van der Waals surface area (Å²) in [6.07, 6.45) is 0.751. The molecule has 0 aromatic heterocycles. The number of ether oxygens (including phenoxy) is 3. The van der Waals surface area contributed by atoms with Crippen molar-refractivity contribution >= 4 is 17.5 Å². The Morgan fingerprint density at radius 2 is 2.32 bits per heavy atom. The normalized spacial score (nSPS) is 14.3. The summed E-state index contributed by atoms with van der Waals surface area (Å²) < 4.78 is 15.4. The molecule has 1 aliphatic heterocycles. The second kappa shape index (κ2) is 6.12. The molecule has 0 unspecified atom stereocenters. The fraction of sp³-hybridized carbons (Fsp3) is 0.462. The summed E-state index contributed by atoms with van der Waals surface area (Å²) in [7, 11) is 1.63. The number of hydrogen-bond donors (Lipinski definition) is 1. The Hall–Kier alpha value is -1.46. The molecule has 104 valence electrons. The average Bonchev–Trinajstić information content (AvgIpc) is 2.85. The number of carbonyl (C=O) groups excluding carboxylic acids is 1. The van der Waals surface area contributed by atoms with Gasteiger partial charge in [0.05, 0.1) is 5.02 Å². The molecular weight excluding hydrogens is 270 g/mol. The van der Waals surface area contributed by atoms with Gasteiger partial charge in [-0.15, -0.1) is 0 Å². The highest BCUT2D eigenvalue weighted by molar-refractivity contribution is 6.32. The number of carbonyl (C=O) groups is 1. The lowest BCUT2D eigenvalue weighted by Gasteiger charge is -2.13. The maximum atomic E-state index is 12.1. The number of hydrogen-bond acceptors (Lipinski definition) is 4. The van der Waals surface area contributed by atoms with Crippen molar-refractivity contribution in [3.05, 3.63) is 22.7 Å². The third-order valence-electron chi connectivity index (χ3n) is 2.82. The lowest BCUT2D eigenvalue weighted by Crippen LogP contribution is -2.33. The lowest BCUT2D eigenvalue weighted by atomic mass is 10.1. The van der Waals surface area contributed by atoms with Gasteiger partial charge in [0.25, 0.3) is 5.91 Å². The molecule has 1 aromatic rings. The van der Waals surface area contributed by atoms with E-state index >= 15 is 0 Å². The van der Waals surface area contributed by atoms with Crippen LogP contribution in [0, 0.1) is 0 Å². The zero-order valence-electron chi connectivity index (χ0n) is 10.9. The minimum absolute atomic E-state index is 0.0247. The van der Waals surface area contributed by atoms with Gasteiger partial charge in [0, 0.05) is 25.3 Å². The molecule has 19 heavy (non-hydrogen) atoms. The molecule has 1 N–H and O–H groups in total. The van der Waals surface area contributed by atoms with E-state index in [9.17, 15) is 4.79 Å². The minimum atomic E-state index is -0.191. The van der Waals surface area contributed by atoms with Crippen LogP contribution in [0.15, 0.2) is 12.1 Å². The van der Waals surface area contributed by atoms with Crippen LogP contribution in [0.25, 0.3) is 0 Å². The Balaban J connectivity index is 2.05. The Bertz CT molecular complexity index is 478. The fourth-order valence-electron chi connectivity index (χ4n) is 1.77. The summed E-state index contributed by atoms with van der Waals surface area (Å²) in [4.78, 5) is 12.1. The first-order valence-electron chi connectivity index (χ1n) is 6.00.